The number of benzene rings is 2. The Labute approximate surface area is 179 Å². The molecule has 2 aromatic rings. The molecule has 0 saturated heterocycles. The second-order valence-electron chi connectivity index (χ2n) is 6.34. The van der Waals surface area contributed by atoms with Gasteiger partial charge in [0.2, 0.25) is 5.91 Å². The van der Waals surface area contributed by atoms with Crippen LogP contribution in [0, 0.1) is 0 Å². The van der Waals surface area contributed by atoms with Gasteiger partial charge in [0.05, 0.1) is 5.02 Å². The Balaban J connectivity index is 2.12. The summed E-state index contributed by atoms with van der Waals surface area (Å²) in [5.74, 6) is -0.0595. The molecule has 7 heteroatoms. The fraction of sp³-hybridized carbons (Fsp3) is 0.333. The van der Waals surface area contributed by atoms with Gasteiger partial charge in [-0.2, -0.15) is 0 Å². The third-order valence-corrected chi connectivity index (χ3v) is 4.95. The van der Waals surface area contributed by atoms with Gasteiger partial charge >= 0.3 is 0 Å². The number of nitrogens with one attached hydrogen (secondary N) is 1. The summed E-state index contributed by atoms with van der Waals surface area (Å²) in [6.07, 6.45) is 0.830. The molecule has 0 aliphatic heterocycles. The van der Waals surface area contributed by atoms with Crippen molar-refractivity contribution in [2.45, 2.75) is 32.9 Å². The van der Waals surface area contributed by atoms with E-state index in [-0.39, 0.29) is 18.4 Å². The van der Waals surface area contributed by atoms with Gasteiger partial charge in [-0.25, -0.2) is 0 Å². The Kier molecular flexibility index (Phi) is 8.80. The van der Waals surface area contributed by atoms with Crippen LogP contribution in [0.25, 0.3) is 0 Å². The van der Waals surface area contributed by atoms with Gasteiger partial charge in [-0.05, 0) is 37.1 Å². The molecule has 0 radical (unpaired) electrons. The lowest BCUT2D eigenvalue weighted by molar-refractivity contribution is -0.142. The first-order chi connectivity index (χ1) is 13.4. The molecule has 150 valence electrons. The van der Waals surface area contributed by atoms with Gasteiger partial charge in [0.1, 0.15) is 11.8 Å². The zero-order chi connectivity index (χ0) is 20.5. The molecule has 0 aliphatic carbocycles. The number of amides is 2. The lowest BCUT2D eigenvalue weighted by Gasteiger charge is -2.28. The monoisotopic (exact) mass is 466 g/mol. The average Bonchev–Trinajstić information content (AvgIpc) is 2.69. The van der Waals surface area contributed by atoms with Crippen molar-refractivity contribution in [3.8, 4) is 5.75 Å². The zero-order valence-electron chi connectivity index (χ0n) is 16.0. The zero-order valence-corrected chi connectivity index (χ0v) is 18.3. The van der Waals surface area contributed by atoms with Gasteiger partial charge in [0.25, 0.3) is 5.91 Å². The second kappa shape index (κ2) is 11.1. The van der Waals surface area contributed by atoms with E-state index in [2.05, 4.69) is 21.2 Å². The van der Waals surface area contributed by atoms with Crippen molar-refractivity contribution in [2.75, 3.05) is 13.2 Å². The highest BCUT2D eigenvalue weighted by molar-refractivity contribution is 9.10. The molecule has 0 fully saturated rings. The lowest BCUT2D eigenvalue weighted by atomic mass is 10.1. The molecule has 5 nitrogen and oxygen atoms in total. The molecule has 0 aromatic heterocycles. The van der Waals surface area contributed by atoms with Crippen molar-refractivity contribution in [1.82, 2.24) is 10.2 Å². The minimum Gasteiger partial charge on any atom is -0.482 e. The van der Waals surface area contributed by atoms with E-state index in [9.17, 15) is 9.59 Å². The predicted molar refractivity (Wildman–Crippen MR) is 114 cm³/mol. The van der Waals surface area contributed by atoms with E-state index in [1.807, 2.05) is 37.3 Å². The maximum Gasteiger partial charge on any atom is 0.261 e. The summed E-state index contributed by atoms with van der Waals surface area (Å²) in [5.41, 5.74) is 0.938. The summed E-state index contributed by atoms with van der Waals surface area (Å²) in [6, 6.07) is 14.1. The van der Waals surface area contributed by atoms with Crippen molar-refractivity contribution in [3.05, 3.63) is 63.6 Å². The third-order valence-electron chi connectivity index (χ3n) is 4.16. The highest BCUT2D eigenvalue weighted by Gasteiger charge is 2.26. The normalized spacial score (nSPS) is 11.6. The SMILES string of the molecule is CCCNC(=O)[C@@H](C)N(Cc1ccccc1)C(=O)COc1ccc(Br)cc1Cl. The summed E-state index contributed by atoms with van der Waals surface area (Å²) in [7, 11) is 0. The maximum absolute atomic E-state index is 12.9. The molecule has 1 atom stereocenters. The number of carbonyl (C=O) groups excluding carboxylic acids is 2. The van der Waals surface area contributed by atoms with Crippen molar-refractivity contribution in [2.24, 2.45) is 0 Å². The fourth-order valence-corrected chi connectivity index (χ4v) is 3.30. The van der Waals surface area contributed by atoms with Gasteiger partial charge in [-0.15, -0.1) is 0 Å². The average molecular weight is 468 g/mol. The van der Waals surface area contributed by atoms with Crippen LogP contribution in [0.2, 0.25) is 5.02 Å². The molecular formula is C21H24BrClN2O3. The third kappa shape index (κ3) is 6.53. The summed E-state index contributed by atoms with van der Waals surface area (Å²) in [6.45, 7) is 4.38. The summed E-state index contributed by atoms with van der Waals surface area (Å²) < 4.78 is 6.43. The Hall–Kier alpha value is -2.05. The molecule has 2 aromatic carbocycles. The largest absolute Gasteiger partial charge is 0.482 e. The van der Waals surface area contributed by atoms with E-state index in [0.717, 1.165) is 16.5 Å². The molecule has 28 heavy (non-hydrogen) atoms. The van der Waals surface area contributed by atoms with Crippen LogP contribution in [-0.2, 0) is 16.1 Å². The lowest BCUT2D eigenvalue weighted by Crippen LogP contribution is -2.49. The number of rotatable bonds is 9. The van der Waals surface area contributed by atoms with Crippen molar-refractivity contribution in [1.29, 1.82) is 0 Å². The minimum absolute atomic E-state index is 0.187. The highest BCUT2D eigenvalue weighted by atomic mass is 79.9. The smallest absolute Gasteiger partial charge is 0.261 e. The quantitative estimate of drug-likeness (QED) is 0.594. The number of hydrogen-bond donors (Lipinski definition) is 1. The van der Waals surface area contributed by atoms with Crippen LogP contribution in [0.3, 0.4) is 0 Å². The molecule has 1 N–H and O–H groups in total. The molecule has 0 heterocycles. The standard InChI is InChI=1S/C21H24BrClN2O3/c1-3-11-24-21(27)15(2)25(13-16-7-5-4-6-8-16)20(26)14-28-19-10-9-17(22)12-18(19)23/h4-10,12,15H,3,11,13-14H2,1-2H3,(H,24,27)/t15-/m1/s1. The summed E-state index contributed by atoms with van der Waals surface area (Å²) >= 11 is 9.48. The van der Waals surface area contributed by atoms with E-state index >= 15 is 0 Å². The van der Waals surface area contributed by atoms with Crippen molar-refractivity contribution < 1.29 is 14.3 Å². The van der Waals surface area contributed by atoms with Crippen LogP contribution in [0.5, 0.6) is 5.75 Å². The van der Waals surface area contributed by atoms with Crippen LogP contribution in [0.1, 0.15) is 25.8 Å². The van der Waals surface area contributed by atoms with Gasteiger partial charge in [-0.3, -0.25) is 9.59 Å². The van der Waals surface area contributed by atoms with Crippen LogP contribution < -0.4 is 10.1 Å². The number of ether oxygens (including phenoxy) is 1. The maximum atomic E-state index is 12.9. The molecule has 0 spiro atoms. The van der Waals surface area contributed by atoms with Gasteiger partial charge in [0.15, 0.2) is 6.61 Å². The molecule has 2 rings (SSSR count). The Bertz CT molecular complexity index is 801. The topological polar surface area (TPSA) is 58.6 Å². The molecular weight excluding hydrogens is 444 g/mol. The molecule has 2 amide bonds. The van der Waals surface area contributed by atoms with Crippen molar-refractivity contribution >= 4 is 39.3 Å². The van der Waals surface area contributed by atoms with E-state index in [0.29, 0.717) is 23.9 Å². The van der Waals surface area contributed by atoms with Gasteiger partial charge in [0, 0.05) is 17.6 Å². The van der Waals surface area contributed by atoms with Crippen LogP contribution in [0.4, 0.5) is 0 Å². The predicted octanol–water partition coefficient (Wildman–Crippen LogP) is 4.42. The number of hydrogen-bond acceptors (Lipinski definition) is 3. The van der Waals surface area contributed by atoms with Crippen LogP contribution in [0.15, 0.2) is 53.0 Å². The highest BCUT2D eigenvalue weighted by Crippen LogP contribution is 2.27. The molecule has 0 saturated carbocycles. The van der Waals surface area contributed by atoms with Crippen LogP contribution >= 0.6 is 27.5 Å². The van der Waals surface area contributed by atoms with E-state index in [1.165, 1.54) is 4.90 Å². The molecule has 0 bridgehead atoms. The Morgan fingerprint density at radius 3 is 2.57 bits per heavy atom. The molecule has 0 aliphatic rings. The minimum atomic E-state index is -0.622. The Morgan fingerprint density at radius 2 is 1.93 bits per heavy atom. The first-order valence-electron chi connectivity index (χ1n) is 9.11. The van der Waals surface area contributed by atoms with E-state index in [4.69, 9.17) is 16.3 Å². The Morgan fingerprint density at radius 1 is 1.21 bits per heavy atom. The summed E-state index contributed by atoms with van der Waals surface area (Å²) in [4.78, 5) is 26.8. The fourth-order valence-electron chi connectivity index (χ4n) is 2.57. The molecule has 0 unspecified atom stereocenters. The second-order valence-corrected chi connectivity index (χ2v) is 7.66. The van der Waals surface area contributed by atoms with Gasteiger partial charge < -0.3 is 15.0 Å². The first kappa shape index (κ1) is 22.2. The van der Waals surface area contributed by atoms with Crippen LogP contribution in [-0.4, -0.2) is 35.9 Å². The number of carbonyl (C=O) groups is 2. The summed E-state index contributed by atoms with van der Waals surface area (Å²) in [5, 5.41) is 3.25. The first-order valence-corrected chi connectivity index (χ1v) is 10.3. The van der Waals surface area contributed by atoms with E-state index < -0.39 is 6.04 Å². The van der Waals surface area contributed by atoms with Crippen molar-refractivity contribution in [3.63, 3.8) is 0 Å². The van der Waals surface area contributed by atoms with Gasteiger partial charge in [-0.1, -0.05) is 64.8 Å². The number of halogens is 2. The number of nitrogens with zero attached hydrogens (tertiary/aromatic N) is 1. The van der Waals surface area contributed by atoms with E-state index in [1.54, 1.807) is 25.1 Å².